The molecule has 1 N–H and O–H groups in total. The van der Waals surface area contributed by atoms with Gasteiger partial charge in [-0.2, -0.15) is 18.4 Å². The number of hydrogen-bond donors (Lipinski definition) is 1. The molecule has 1 aromatic carbocycles. The van der Waals surface area contributed by atoms with Crippen molar-refractivity contribution >= 4 is 5.69 Å². The van der Waals surface area contributed by atoms with Gasteiger partial charge in [0.05, 0.1) is 12.7 Å². The molecule has 0 radical (unpaired) electrons. The molecule has 3 nitrogen and oxygen atoms in total. The van der Waals surface area contributed by atoms with Crippen molar-refractivity contribution in [3.63, 3.8) is 0 Å². The molecule has 1 aromatic rings. The van der Waals surface area contributed by atoms with Gasteiger partial charge in [0, 0.05) is 12.2 Å². The summed E-state index contributed by atoms with van der Waals surface area (Å²) >= 11 is 0. The van der Waals surface area contributed by atoms with Crippen molar-refractivity contribution < 1.29 is 17.9 Å². The minimum atomic E-state index is -4.51. The average Bonchev–Trinajstić information content (AvgIpc) is 2.37. The minimum absolute atomic E-state index is 0.463. The molecule has 104 valence electrons. The van der Waals surface area contributed by atoms with Crippen molar-refractivity contribution in [2.24, 2.45) is 5.92 Å². The summed E-state index contributed by atoms with van der Waals surface area (Å²) in [7, 11) is 0. The van der Waals surface area contributed by atoms with Crippen LogP contribution in [-0.4, -0.2) is 19.3 Å². The summed E-state index contributed by atoms with van der Waals surface area (Å²) in [6.07, 6.45) is -3.62. The van der Waals surface area contributed by atoms with E-state index in [4.69, 9.17) is 10.00 Å². The molecule has 0 saturated carbocycles. The van der Waals surface area contributed by atoms with Crippen molar-refractivity contribution in [3.8, 4) is 11.8 Å². The molecule has 0 spiro atoms. The molecule has 1 rings (SSSR count). The van der Waals surface area contributed by atoms with Crippen LogP contribution in [0.1, 0.15) is 13.3 Å². The maximum Gasteiger partial charge on any atom is 0.406 e. The first-order valence-electron chi connectivity index (χ1n) is 5.90. The van der Waals surface area contributed by atoms with Gasteiger partial charge >= 0.3 is 6.18 Å². The Hall–Kier alpha value is -1.90. The van der Waals surface area contributed by atoms with Crippen molar-refractivity contribution in [3.05, 3.63) is 24.3 Å². The molecule has 0 aliphatic heterocycles. The lowest BCUT2D eigenvalue weighted by Crippen LogP contribution is -2.28. The summed E-state index contributed by atoms with van der Waals surface area (Å²) in [5.41, 5.74) is 0.522. The average molecular weight is 272 g/mol. The summed E-state index contributed by atoms with van der Waals surface area (Å²) in [4.78, 5) is 0. The van der Waals surface area contributed by atoms with E-state index in [0.717, 1.165) is 6.42 Å². The van der Waals surface area contributed by atoms with Gasteiger partial charge in [-0.25, -0.2) is 0 Å². The molecule has 0 fully saturated rings. The van der Waals surface area contributed by atoms with Gasteiger partial charge in [0.1, 0.15) is 5.75 Å². The molecule has 0 aliphatic carbocycles. The quantitative estimate of drug-likeness (QED) is 0.860. The highest BCUT2D eigenvalue weighted by Gasteiger charge is 2.39. The summed E-state index contributed by atoms with van der Waals surface area (Å²) in [5.74, 6) is -1.34. The zero-order valence-corrected chi connectivity index (χ0v) is 10.5. The number of hydrogen-bond acceptors (Lipinski definition) is 3. The van der Waals surface area contributed by atoms with Crippen LogP contribution >= 0.6 is 0 Å². The van der Waals surface area contributed by atoms with E-state index < -0.39 is 18.6 Å². The Morgan fingerprint density at radius 2 is 1.95 bits per heavy atom. The first kappa shape index (κ1) is 15.2. The fraction of sp³-hybridized carbons (Fsp3) is 0.462. The van der Waals surface area contributed by atoms with E-state index in [0.29, 0.717) is 18.0 Å². The molecule has 0 aromatic heterocycles. The maximum atomic E-state index is 12.3. The first-order valence-corrected chi connectivity index (χ1v) is 5.90. The lowest BCUT2D eigenvalue weighted by atomic mass is 10.1. The van der Waals surface area contributed by atoms with Crippen LogP contribution in [-0.2, 0) is 0 Å². The van der Waals surface area contributed by atoms with Gasteiger partial charge in [0.2, 0.25) is 0 Å². The molecule has 1 atom stereocenters. The van der Waals surface area contributed by atoms with E-state index in [-0.39, 0.29) is 0 Å². The summed E-state index contributed by atoms with van der Waals surface area (Å²) in [6, 6.07) is 7.83. The number of ether oxygens (including phenoxy) is 1. The van der Waals surface area contributed by atoms with E-state index in [1.165, 1.54) is 6.07 Å². The minimum Gasteiger partial charge on any atom is -0.494 e. The van der Waals surface area contributed by atoms with Crippen LogP contribution in [0.25, 0.3) is 0 Å². The van der Waals surface area contributed by atoms with Crippen molar-refractivity contribution in [2.45, 2.75) is 19.5 Å². The highest BCUT2D eigenvalue weighted by atomic mass is 19.4. The second kappa shape index (κ2) is 6.88. The van der Waals surface area contributed by atoms with Gasteiger partial charge in [-0.3, -0.25) is 0 Å². The Kier molecular flexibility index (Phi) is 5.49. The molecule has 1 unspecified atom stereocenters. The van der Waals surface area contributed by atoms with Crippen LogP contribution in [0.2, 0.25) is 0 Å². The van der Waals surface area contributed by atoms with Crippen LogP contribution in [0.15, 0.2) is 24.3 Å². The summed E-state index contributed by atoms with van der Waals surface area (Å²) in [5, 5.41) is 11.0. The standard InChI is InChI=1S/C13H15F3N2O/c1-2-7-19-12-5-3-11(4-6-12)18-9-10(8-17)13(14,15)16/h3-6,10,18H,2,7,9H2,1H3. The Bertz CT molecular complexity index is 423. The Balaban J connectivity index is 2.52. The molecule has 0 amide bonds. The van der Waals surface area contributed by atoms with Gasteiger partial charge in [-0.15, -0.1) is 0 Å². The number of alkyl halides is 3. The summed E-state index contributed by atoms with van der Waals surface area (Å²) in [6.45, 7) is 2.11. The van der Waals surface area contributed by atoms with Gasteiger partial charge in [0.15, 0.2) is 5.92 Å². The SMILES string of the molecule is CCCOc1ccc(NCC(C#N)C(F)(F)F)cc1. The van der Waals surface area contributed by atoms with E-state index in [1.54, 1.807) is 24.3 Å². The third kappa shape index (κ3) is 5.08. The van der Waals surface area contributed by atoms with E-state index >= 15 is 0 Å². The topological polar surface area (TPSA) is 45.0 Å². The van der Waals surface area contributed by atoms with Gasteiger partial charge in [0.25, 0.3) is 0 Å². The van der Waals surface area contributed by atoms with Gasteiger partial charge < -0.3 is 10.1 Å². The van der Waals surface area contributed by atoms with Crippen molar-refractivity contribution in [2.75, 3.05) is 18.5 Å². The van der Waals surface area contributed by atoms with E-state index in [2.05, 4.69) is 5.32 Å². The van der Waals surface area contributed by atoms with E-state index in [9.17, 15) is 13.2 Å². The number of benzene rings is 1. The molecule has 19 heavy (non-hydrogen) atoms. The third-order valence-corrected chi connectivity index (χ3v) is 2.39. The number of halogens is 3. The third-order valence-electron chi connectivity index (χ3n) is 2.39. The predicted molar refractivity (Wildman–Crippen MR) is 65.9 cm³/mol. The summed E-state index contributed by atoms with van der Waals surface area (Å²) < 4.78 is 42.4. The highest BCUT2D eigenvalue weighted by Crippen LogP contribution is 2.26. The second-order valence-corrected chi connectivity index (χ2v) is 3.98. The Morgan fingerprint density at radius 1 is 1.32 bits per heavy atom. The molecule has 6 heteroatoms. The highest BCUT2D eigenvalue weighted by molar-refractivity contribution is 5.46. The lowest BCUT2D eigenvalue weighted by Gasteiger charge is -2.14. The molecule has 0 heterocycles. The number of anilines is 1. The number of rotatable bonds is 6. The van der Waals surface area contributed by atoms with Gasteiger partial charge in [-0.05, 0) is 30.7 Å². The zero-order valence-electron chi connectivity index (χ0n) is 10.5. The fourth-order valence-electron chi connectivity index (χ4n) is 1.34. The number of nitrogens with zero attached hydrogens (tertiary/aromatic N) is 1. The van der Waals surface area contributed by atoms with Crippen LogP contribution < -0.4 is 10.1 Å². The molecule has 0 saturated heterocycles. The van der Waals surface area contributed by atoms with Crippen molar-refractivity contribution in [1.29, 1.82) is 5.26 Å². The smallest absolute Gasteiger partial charge is 0.406 e. The number of nitrogens with one attached hydrogen (secondary N) is 1. The Labute approximate surface area is 110 Å². The largest absolute Gasteiger partial charge is 0.494 e. The fourth-order valence-corrected chi connectivity index (χ4v) is 1.34. The first-order chi connectivity index (χ1) is 8.97. The van der Waals surface area contributed by atoms with E-state index in [1.807, 2.05) is 6.92 Å². The molecular formula is C13H15F3N2O. The maximum absolute atomic E-state index is 12.3. The van der Waals surface area contributed by atoms with Crippen LogP contribution in [0, 0.1) is 17.2 Å². The molecular weight excluding hydrogens is 257 g/mol. The molecule has 0 bridgehead atoms. The monoisotopic (exact) mass is 272 g/mol. The van der Waals surface area contributed by atoms with Crippen molar-refractivity contribution in [1.82, 2.24) is 0 Å². The van der Waals surface area contributed by atoms with Crippen LogP contribution in [0.4, 0.5) is 18.9 Å². The predicted octanol–water partition coefficient (Wildman–Crippen LogP) is 3.59. The normalized spacial score (nSPS) is 12.6. The van der Waals surface area contributed by atoms with Crippen LogP contribution in [0.3, 0.4) is 0 Å². The number of nitriles is 1. The van der Waals surface area contributed by atoms with Crippen LogP contribution in [0.5, 0.6) is 5.75 Å². The Morgan fingerprint density at radius 3 is 2.42 bits per heavy atom. The van der Waals surface area contributed by atoms with Gasteiger partial charge in [-0.1, -0.05) is 6.92 Å². The molecule has 0 aliphatic rings. The lowest BCUT2D eigenvalue weighted by molar-refractivity contribution is -0.155. The second-order valence-electron chi connectivity index (χ2n) is 3.98. The zero-order chi connectivity index (χ0) is 14.3.